The summed E-state index contributed by atoms with van der Waals surface area (Å²) in [6.07, 6.45) is 0. The van der Waals surface area contributed by atoms with E-state index in [-0.39, 0.29) is 11.8 Å². The molecule has 186 valence electrons. The Morgan fingerprint density at radius 1 is 0.553 bits per heavy atom. The van der Waals surface area contributed by atoms with Gasteiger partial charge in [0.2, 0.25) is 0 Å². The van der Waals surface area contributed by atoms with Gasteiger partial charge in [0.05, 0.1) is 0 Å². The molecule has 0 unspecified atom stereocenters. The Kier molecular flexibility index (Phi) is 4.34. The third-order valence-electron chi connectivity index (χ3n) is 7.90. The predicted octanol–water partition coefficient (Wildman–Crippen LogP) is 6.46. The Labute approximate surface area is 226 Å². The maximum Gasteiger partial charge on any atom is 0.181 e. The van der Waals surface area contributed by atoms with Gasteiger partial charge in [0, 0.05) is 22.6 Å². The zero-order valence-electron chi connectivity index (χ0n) is 20.1. The van der Waals surface area contributed by atoms with Gasteiger partial charge >= 0.3 is 0 Å². The van der Waals surface area contributed by atoms with Gasteiger partial charge in [-0.05, 0) is 33.4 Å². The number of hydrogen-bond donors (Lipinski definition) is 0. The van der Waals surface area contributed by atoms with E-state index < -0.39 is 0 Å². The van der Waals surface area contributed by atoms with Crippen molar-refractivity contribution in [3.05, 3.63) is 92.7 Å². The summed E-state index contributed by atoms with van der Waals surface area (Å²) in [6, 6.07) is 17.6. The molecule has 5 aromatic rings. The van der Waals surface area contributed by atoms with Gasteiger partial charge < -0.3 is 18.9 Å². The lowest BCUT2D eigenvalue weighted by molar-refractivity contribution is 0.174. The molecule has 0 N–H and O–H groups in total. The van der Waals surface area contributed by atoms with E-state index in [1.807, 2.05) is 10.8 Å². The molecular formula is C30H20N2O4S2. The highest BCUT2D eigenvalue weighted by Gasteiger charge is 2.46. The quantitative estimate of drug-likeness (QED) is 0.253. The largest absolute Gasteiger partial charge is 0.485 e. The minimum atomic E-state index is 0.0434. The molecule has 0 atom stereocenters. The number of aromatic nitrogens is 2. The molecule has 0 saturated carbocycles. The fourth-order valence-corrected chi connectivity index (χ4v) is 8.32. The highest BCUT2D eigenvalue weighted by molar-refractivity contribution is 7.14. The van der Waals surface area contributed by atoms with E-state index >= 15 is 0 Å². The van der Waals surface area contributed by atoms with Crippen molar-refractivity contribution in [3.63, 3.8) is 0 Å². The first kappa shape index (κ1) is 21.1. The van der Waals surface area contributed by atoms with Crippen LogP contribution in [-0.2, 0) is 0 Å². The average molecular weight is 537 g/mol. The van der Waals surface area contributed by atoms with E-state index in [0.717, 1.165) is 44.1 Å². The maximum absolute atomic E-state index is 6.12. The lowest BCUT2D eigenvalue weighted by Crippen LogP contribution is -2.29. The van der Waals surface area contributed by atoms with E-state index in [1.165, 1.54) is 33.4 Å². The van der Waals surface area contributed by atoms with Crippen LogP contribution in [0.2, 0.25) is 0 Å². The molecule has 3 aromatic heterocycles. The van der Waals surface area contributed by atoms with Crippen LogP contribution in [0.3, 0.4) is 0 Å². The van der Waals surface area contributed by atoms with E-state index in [2.05, 4.69) is 48.5 Å². The number of ether oxygens (including phenoxy) is 4. The Morgan fingerprint density at radius 2 is 0.947 bits per heavy atom. The maximum atomic E-state index is 6.12. The summed E-state index contributed by atoms with van der Waals surface area (Å²) in [5.41, 5.74) is 9.49. The van der Waals surface area contributed by atoms with Crippen molar-refractivity contribution in [2.24, 2.45) is 0 Å². The van der Waals surface area contributed by atoms with Crippen LogP contribution in [-0.4, -0.2) is 36.6 Å². The molecule has 0 amide bonds. The Morgan fingerprint density at radius 3 is 1.37 bits per heavy atom. The fourth-order valence-electron chi connectivity index (χ4n) is 6.47. The molecule has 5 aliphatic rings. The number of benzene rings is 2. The molecule has 0 fully saturated rings. The first-order chi connectivity index (χ1) is 18.9. The van der Waals surface area contributed by atoms with Gasteiger partial charge in [-0.2, -0.15) is 0 Å². The molecule has 8 heteroatoms. The van der Waals surface area contributed by atoms with Crippen molar-refractivity contribution in [3.8, 4) is 44.1 Å². The zero-order valence-corrected chi connectivity index (χ0v) is 21.7. The number of thiophene rings is 2. The van der Waals surface area contributed by atoms with Crippen molar-refractivity contribution in [2.45, 2.75) is 11.8 Å². The molecule has 0 radical (unpaired) electrons. The lowest BCUT2D eigenvalue weighted by atomic mass is 9.60. The molecule has 2 bridgehead atoms. The molecule has 38 heavy (non-hydrogen) atoms. The van der Waals surface area contributed by atoms with Crippen LogP contribution < -0.4 is 18.9 Å². The summed E-state index contributed by atoms with van der Waals surface area (Å²) in [5, 5.41) is 13.9. The number of rotatable bonds is 2. The van der Waals surface area contributed by atoms with Gasteiger partial charge in [0.15, 0.2) is 23.0 Å². The summed E-state index contributed by atoms with van der Waals surface area (Å²) < 4.78 is 24.0. The monoisotopic (exact) mass is 536 g/mol. The normalized spacial score (nSPS) is 19.5. The van der Waals surface area contributed by atoms with Crippen LogP contribution in [0.15, 0.2) is 59.3 Å². The lowest BCUT2D eigenvalue weighted by Gasteiger charge is -2.43. The number of hydrogen-bond acceptors (Lipinski definition) is 8. The third-order valence-corrected chi connectivity index (χ3v) is 9.79. The highest BCUT2D eigenvalue weighted by Crippen LogP contribution is 2.61. The Bertz CT molecular complexity index is 1600. The molecule has 5 heterocycles. The second kappa shape index (κ2) is 7.82. The topological polar surface area (TPSA) is 62.7 Å². The fraction of sp³-hybridized carbons (Fsp3) is 0.200. The summed E-state index contributed by atoms with van der Waals surface area (Å²) in [7, 11) is 0. The van der Waals surface area contributed by atoms with Gasteiger partial charge in [-0.3, -0.25) is 0 Å². The van der Waals surface area contributed by atoms with Crippen LogP contribution >= 0.6 is 22.7 Å². The molecule has 0 saturated heterocycles. The van der Waals surface area contributed by atoms with Crippen LogP contribution in [0.25, 0.3) is 21.1 Å². The Balaban J connectivity index is 1.38. The molecule has 0 spiro atoms. The third kappa shape index (κ3) is 2.71. The van der Waals surface area contributed by atoms with Crippen LogP contribution in [0.4, 0.5) is 0 Å². The zero-order chi connectivity index (χ0) is 24.8. The number of fused-ring (bicyclic) bond motifs is 2. The van der Waals surface area contributed by atoms with Gasteiger partial charge in [0.25, 0.3) is 0 Å². The highest BCUT2D eigenvalue weighted by atomic mass is 32.1. The number of nitrogens with zero attached hydrogens (tertiary/aromatic N) is 2. The van der Waals surface area contributed by atoms with E-state index in [1.54, 1.807) is 22.7 Å². The summed E-state index contributed by atoms with van der Waals surface area (Å²) in [5.74, 6) is 3.22. The smallest absolute Gasteiger partial charge is 0.181 e. The molecule has 6 nitrogen and oxygen atoms in total. The van der Waals surface area contributed by atoms with Crippen molar-refractivity contribution in [1.29, 1.82) is 0 Å². The van der Waals surface area contributed by atoms with Crippen molar-refractivity contribution in [2.75, 3.05) is 26.4 Å². The average Bonchev–Trinajstić information content (AvgIpc) is 3.61. The van der Waals surface area contributed by atoms with E-state index in [9.17, 15) is 0 Å². The van der Waals surface area contributed by atoms with Crippen molar-refractivity contribution in [1.82, 2.24) is 10.2 Å². The second-order valence-corrected chi connectivity index (χ2v) is 11.5. The second-order valence-electron chi connectivity index (χ2n) is 9.76. The predicted molar refractivity (Wildman–Crippen MR) is 145 cm³/mol. The minimum absolute atomic E-state index is 0.0434. The first-order valence-corrected chi connectivity index (χ1v) is 14.5. The van der Waals surface area contributed by atoms with E-state index in [4.69, 9.17) is 29.1 Å². The van der Waals surface area contributed by atoms with Gasteiger partial charge in [-0.15, -0.1) is 32.9 Å². The summed E-state index contributed by atoms with van der Waals surface area (Å²) >= 11 is 3.23. The summed E-state index contributed by atoms with van der Waals surface area (Å²) in [4.78, 5) is 1.95. The van der Waals surface area contributed by atoms with Crippen molar-refractivity contribution < 1.29 is 18.9 Å². The Hall–Kier alpha value is -3.88. The van der Waals surface area contributed by atoms with Crippen molar-refractivity contribution >= 4 is 22.7 Å². The van der Waals surface area contributed by atoms with Crippen LogP contribution in [0, 0.1) is 0 Å². The first-order valence-electron chi connectivity index (χ1n) is 12.7. The van der Waals surface area contributed by atoms with Crippen LogP contribution in [0.5, 0.6) is 23.0 Å². The standard InChI is InChI=1S/C30H20N2O4S2/c1-2-6-16-15(5-1)21-17-7-3-4-8-18(17)22(16)24-23(21)25(29-27-19(13-37-29)33-9-11-35-27)31-32-26(24)30-28-20(14-38-30)34-10-12-36-28/h1-8,13-14,21-22H,9-12H2. The van der Waals surface area contributed by atoms with Gasteiger partial charge in [-0.25, -0.2) is 0 Å². The minimum Gasteiger partial charge on any atom is -0.485 e. The SMILES string of the molecule is c1ccc2c(c1)C1c3ccccc3C2c2c(-c3scc4c3OCCO4)nnc(-c3scc4c3OCCO4)c21. The summed E-state index contributed by atoms with van der Waals surface area (Å²) in [6.45, 7) is 2.17. The van der Waals surface area contributed by atoms with E-state index in [0.29, 0.717) is 26.4 Å². The molecule has 3 aliphatic carbocycles. The van der Waals surface area contributed by atoms with Gasteiger partial charge in [-0.1, -0.05) is 48.5 Å². The molecular weight excluding hydrogens is 516 g/mol. The van der Waals surface area contributed by atoms with Gasteiger partial charge in [0.1, 0.15) is 47.6 Å². The molecule has 10 rings (SSSR count). The molecule has 2 aliphatic heterocycles. The molecule has 2 aromatic carbocycles. The van der Waals surface area contributed by atoms with Crippen LogP contribution in [0.1, 0.15) is 45.2 Å².